The summed E-state index contributed by atoms with van der Waals surface area (Å²) < 4.78 is 27.3. The van der Waals surface area contributed by atoms with E-state index in [4.69, 9.17) is 23.1 Å². The number of sulfonamides is 1. The Morgan fingerprint density at radius 3 is 2.31 bits per heavy atom. The lowest BCUT2D eigenvalue weighted by atomic mass is 10.3. The molecule has 0 saturated heterocycles. The van der Waals surface area contributed by atoms with Crippen molar-refractivity contribution in [2.24, 2.45) is 0 Å². The van der Waals surface area contributed by atoms with Gasteiger partial charge in [-0.15, -0.1) is 10.2 Å². The van der Waals surface area contributed by atoms with Crippen molar-refractivity contribution in [3.63, 3.8) is 0 Å². The Kier molecular flexibility index (Phi) is 7.33. The molecule has 0 aliphatic rings. The summed E-state index contributed by atoms with van der Waals surface area (Å²) in [5.74, 6) is 0.154. The van der Waals surface area contributed by atoms with Crippen LogP contribution in [0.1, 0.15) is 13.3 Å². The van der Waals surface area contributed by atoms with Gasteiger partial charge in [0.15, 0.2) is 16.1 Å². The van der Waals surface area contributed by atoms with Crippen molar-refractivity contribution in [1.82, 2.24) is 20.2 Å². The van der Waals surface area contributed by atoms with Crippen LogP contribution < -0.4 is 21.5 Å². The number of halogens is 1. The molecule has 0 radical (unpaired) electrons. The number of nitrogens with zero attached hydrogens (tertiary/aromatic N) is 4. The standard InChI is InChI=1S/C18H19ClN8O3S2/c1-2-12(31-18-23-14(20)9-15(21)24-18)17(28)22-10-3-5-11(6-4-10)32(29,30)27-16-8-7-13(19)25-26-16/h3-9,12H,2H2,1H3,(H,22,28)(H,26,27)(H4,20,21,23,24). The Bertz CT molecular complexity index is 1190. The summed E-state index contributed by atoms with van der Waals surface area (Å²) >= 11 is 6.78. The third-order valence-corrected chi connectivity index (χ3v) is 6.76. The molecular formula is C18H19ClN8O3S2. The number of aromatic nitrogens is 4. The number of carbonyl (C=O) groups excluding carboxylic acids is 1. The maximum absolute atomic E-state index is 12.7. The number of nitrogen functional groups attached to an aromatic ring is 2. The highest BCUT2D eigenvalue weighted by Crippen LogP contribution is 2.25. The van der Waals surface area contributed by atoms with Crippen molar-refractivity contribution >= 4 is 62.4 Å². The quantitative estimate of drug-likeness (QED) is 0.268. The minimum atomic E-state index is -3.89. The number of nitrogens with one attached hydrogen (secondary N) is 2. The van der Waals surface area contributed by atoms with E-state index in [2.05, 4.69) is 30.2 Å². The van der Waals surface area contributed by atoms with Crippen LogP contribution >= 0.6 is 23.4 Å². The Balaban J connectivity index is 1.67. The van der Waals surface area contributed by atoms with Crippen LogP contribution in [-0.4, -0.2) is 39.7 Å². The fourth-order valence-corrected chi connectivity index (χ4v) is 4.47. The van der Waals surface area contributed by atoms with Crippen LogP contribution in [0.2, 0.25) is 5.15 Å². The van der Waals surface area contributed by atoms with Crippen LogP contribution in [0.5, 0.6) is 0 Å². The van der Waals surface area contributed by atoms with E-state index in [0.717, 1.165) is 11.8 Å². The minimum absolute atomic E-state index is 0.0164. The molecule has 0 fully saturated rings. The van der Waals surface area contributed by atoms with E-state index in [1.807, 2.05) is 6.92 Å². The lowest BCUT2D eigenvalue weighted by Gasteiger charge is -2.14. The van der Waals surface area contributed by atoms with Crippen molar-refractivity contribution in [1.29, 1.82) is 0 Å². The second-order valence-electron chi connectivity index (χ2n) is 6.38. The first kappa shape index (κ1) is 23.5. The number of rotatable bonds is 8. The summed E-state index contributed by atoms with van der Waals surface area (Å²) in [5.41, 5.74) is 11.8. The van der Waals surface area contributed by atoms with Gasteiger partial charge in [0.05, 0.1) is 10.1 Å². The van der Waals surface area contributed by atoms with Crippen LogP contribution in [0, 0.1) is 0 Å². The molecule has 14 heteroatoms. The van der Waals surface area contributed by atoms with Crippen molar-refractivity contribution in [3.8, 4) is 0 Å². The Hall–Kier alpha value is -3.16. The summed E-state index contributed by atoms with van der Waals surface area (Å²) in [6.45, 7) is 1.84. The number of nitrogens with two attached hydrogens (primary N) is 2. The van der Waals surface area contributed by atoms with Gasteiger partial charge in [0.1, 0.15) is 11.6 Å². The van der Waals surface area contributed by atoms with Gasteiger partial charge in [-0.1, -0.05) is 30.3 Å². The van der Waals surface area contributed by atoms with Gasteiger partial charge in [0, 0.05) is 11.8 Å². The molecule has 0 aliphatic heterocycles. The van der Waals surface area contributed by atoms with Crippen molar-refractivity contribution < 1.29 is 13.2 Å². The van der Waals surface area contributed by atoms with E-state index in [-0.39, 0.29) is 33.4 Å². The second kappa shape index (κ2) is 9.97. The van der Waals surface area contributed by atoms with Gasteiger partial charge in [-0.25, -0.2) is 18.4 Å². The minimum Gasteiger partial charge on any atom is -0.383 e. The predicted molar refractivity (Wildman–Crippen MR) is 124 cm³/mol. The van der Waals surface area contributed by atoms with Crippen LogP contribution in [0.15, 0.2) is 52.5 Å². The summed E-state index contributed by atoms with van der Waals surface area (Å²) in [6.07, 6.45) is 0.493. The van der Waals surface area contributed by atoms with Gasteiger partial charge >= 0.3 is 0 Å². The third kappa shape index (κ3) is 6.18. The first-order valence-electron chi connectivity index (χ1n) is 9.16. The molecule has 1 unspecified atom stereocenters. The van der Waals surface area contributed by atoms with Gasteiger partial charge in [0.2, 0.25) is 5.91 Å². The number of amides is 1. The number of hydrogen-bond donors (Lipinski definition) is 4. The average Bonchev–Trinajstić information content (AvgIpc) is 2.73. The first-order chi connectivity index (χ1) is 15.2. The normalized spacial score (nSPS) is 12.2. The second-order valence-corrected chi connectivity index (χ2v) is 9.61. The fourth-order valence-electron chi connectivity index (χ4n) is 2.47. The molecular weight excluding hydrogens is 476 g/mol. The van der Waals surface area contributed by atoms with E-state index in [1.165, 1.54) is 42.5 Å². The maximum Gasteiger partial charge on any atom is 0.263 e. The third-order valence-electron chi connectivity index (χ3n) is 3.96. The SMILES string of the molecule is CCC(Sc1nc(N)cc(N)n1)C(=O)Nc1ccc(S(=O)(=O)Nc2ccc(Cl)nn2)cc1. The molecule has 3 rings (SSSR count). The van der Waals surface area contributed by atoms with E-state index in [9.17, 15) is 13.2 Å². The number of anilines is 4. The summed E-state index contributed by atoms with van der Waals surface area (Å²) in [7, 11) is -3.89. The number of hydrogen-bond acceptors (Lipinski definition) is 10. The molecule has 32 heavy (non-hydrogen) atoms. The zero-order chi connectivity index (χ0) is 23.3. The van der Waals surface area contributed by atoms with Gasteiger partial charge < -0.3 is 16.8 Å². The molecule has 0 aliphatic carbocycles. The zero-order valence-electron chi connectivity index (χ0n) is 16.7. The van der Waals surface area contributed by atoms with Gasteiger partial charge in [-0.3, -0.25) is 9.52 Å². The van der Waals surface area contributed by atoms with E-state index in [1.54, 1.807) is 0 Å². The molecule has 0 saturated carbocycles. The van der Waals surface area contributed by atoms with Crippen LogP contribution in [0.4, 0.5) is 23.1 Å². The van der Waals surface area contributed by atoms with Gasteiger partial charge in [-0.2, -0.15) is 0 Å². The molecule has 1 amide bonds. The Morgan fingerprint density at radius 1 is 1.09 bits per heavy atom. The zero-order valence-corrected chi connectivity index (χ0v) is 19.1. The average molecular weight is 495 g/mol. The van der Waals surface area contributed by atoms with Crippen molar-refractivity contribution in [2.75, 3.05) is 21.5 Å². The Morgan fingerprint density at radius 2 is 1.75 bits per heavy atom. The number of benzene rings is 1. The highest BCUT2D eigenvalue weighted by molar-refractivity contribution is 8.00. The van der Waals surface area contributed by atoms with Crippen LogP contribution in [0.25, 0.3) is 0 Å². The van der Waals surface area contributed by atoms with Crippen LogP contribution in [-0.2, 0) is 14.8 Å². The monoisotopic (exact) mass is 494 g/mol. The molecule has 2 aromatic heterocycles. The summed E-state index contributed by atoms with van der Waals surface area (Å²) in [6, 6.07) is 9.90. The van der Waals surface area contributed by atoms with Crippen LogP contribution in [0.3, 0.4) is 0 Å². The fraction of sp³-hybridized carbons (Fsp3) is 0.167. The Labute approximate surface area is 193 Å². The van der Waals surface area contributed by atoms with E-state index >= 15 is 0 Å². The molecule has 6 N–H and O–H groups in total. The molecule has 11 nitrogen and oxygen atoms in total. The summed E-state index contributed by atoms with van der Waals surface area (Å²) in [5, 5.41) is 9.92. The molecule has 1 atom stereocenters. The van der Waals surface area contributed by atoms with Gasteiger partial charge in [-0.05, 0) is 42.8 Å². The number of carbonyl (C=O) groups is 1. The predicted octanol–water partition coefficient (Wildman–Crippen LogP) is 2.39. The lowest BCUT2D eigenvalue weighted by molar-refractivity contribution is -0.115. The summed E-state index contributed by atoms with van der Waals surface area (Å²) in [4.78, 5) is 20.8. The molecule has 0 bridgehead atoms. The molecule has 168 valence electrons. The largest absolute Gasteiger partial charge is 0.383 e. The van der Waals surface area contributed by atoms with E-state index in [0.29, 0.717) is 17.3 Å². The highest BCUT2D eigenvalue weighted by atomic mass is 35.5. The molecule has 1 aromatic carbocycles. The number of thioether (sulfide) groups is 1. The van der Waals surface area contributed by atoms with Crippen molar-refractivity contribution in [3.05, 3.63) is 47.6 Å². The molecule has 3 aromatic rings. The van der Waals surface area contributed by atoms with Gasteiger partial charge in [0.25, 0.3) is 10.0 Å². The highest BCUT2D eigenvalue weighted by Gasteiger charge is 2.21. The lowest BCUT2D eigenvalue weighted by Crippen LogP contribution is -2.25. The van der Waals surface area contributed by atoms with Crippen molar-refractivity contribution in [2.45, 2.75) is 28.6 Å². The molecule has 0 spiro atoms. The van der Waals surface area contributed by atoms with E-state index < -0.39 is 15.3 Å². The molecule has 2 heterocycles. The smallest absolute Gasteiger partial charge is 0.263 e. The first-order valence-corrected chi connectivity index (χ1v) is 11.9. The maximum atomic E-state index is 12.7. The topological polar surface area (TPSA) is 179 Å².